The molecule has 1 saturated heterocycles. The van der Waals surface area contributed by atoms with Crippen LogP contribution in [0.3, 0.4) is 0 Å². The Morgan fingerprint density at radius 1 is 1.40 bits per heavy atom. The van der Waals surface area contributed by atoms with Crippen molar-refractivity contribution in [3.63, 3.8) is 0 Å². The van der Waals surface area contributed by atoms with Crippen LogP contribution in [0, 0.1) is 0 Å². The molecule has 1 aromatic rings. The molecule has 0 spiro atoms. The molecule has 0 unspecified atom stereocenters. The average molecular weight is 276 g/mol. The van der Waals surface area contributed by atoms with Gasteiger partial charge in [0.05, 0.1) is 19.8 Å². The maximum atomic E-state index is 12.1. The van der Waals surface area contributed by atoms with Crippen molar-refractivity contribution in [3.05, 3.63) is 23.4 Å². The van der Waals surface area contributed by atoms with Gasteiger partial charge in [-0.15, -0.1) is 0 Å². The number of hydrogen-bond acceptors (Lipinski definition) is 5. The zero-order valence-electron chi connectivity index (χ0n) is 11.8. The molecule has 1 aliphatic heterocycles. The van der Waals surface area contributed by atoms with Crippen molar-refractivity contribution in [2.45, 2.75) is 25.7 Å². The number of anilines is 1. The molecule has 5 nitrogen and oxygen atoms in total. The summed E-state index contributed by atoms with van der Waals surface area (Å²) in [5.74, 6) is 1.05. The number of ether oxygens (including phenoxy) is 2. The summed E-state index contributed by atoms with van der Waals surface area (Å²) in [5, 5.41) is 0. The number of aromatic nitrogens is 1. The summed E-state index contributed by atoms with van der Waals surface area (Å²) in [6.07, 6.45) is 2.41. The van der Waals surface area contributed by atoms with Crippen LogP contribution in [0.5, 0.6) is 0 Å². The molecule has 1 saturated carbocycles. The van der Waals surface area contributed by atoms with E-state index in [1.807, 2.05) is 19.1 Å². The highest BCUT2D eigenvalue weighted by Crippen LogP contribution is 2.40. The van der Waals surface area contributed by atoms with Gasteiger partial charge in [0.15, 0.2) is 0 Å². The summed E-state index contributed by atoms with van der Waals surface area (Å²) in [5.41, 5.74) is 1.66. The van der Waals surface area contributed by atoms with E-state index in [1.165, 1.54) is 12.8 Å². The van der Waals surface area contributed by atoms with Gasteiger partial charge >= 0.3 is 5.97 Å². The van der Waals surface area contributed by atoms with E-state index in [2.05, 4.69) is 4.90 Å². The second-order valence-electron chi connectivity index (χ2n) is 5.20. The van der Waals surface area contributed by atoms with E-state index in [1.54, 1.807) is 0 Å². The summed E-state index contributed by atoms with van der Waals surface area (Å²) in [7, 11) is 0. The Morgan fingerprint density at radius 3 is 2.80 bits per heavy atom. The van der Waals surface area contributed by atoms with E-state index < -0.39 is 0 Å². The van der Waals surface area contributed by atoms with Gasteiger partial charge in [-0.1, -0.05) is 0 Å². The first-order chi connectivity index (χ1) is 9.79. The Kier molecular flexibility index (Phi) is 3.87. The number of nitrogens with zero attached hydrogens (tertiary/aromatic N) is 2. The van der Waals surface area contributed by atoms with Gasteiger partial charge in [-0.05, 0) is 31.9 Å². The second-order valence-corrected chi connectivity index (χ2v) is 5.20. The number of esters is 1. The van der Waals surface area contributed by atoms with Gasteiger partial charge in [-0.2, -0.15) is 0 Å². The molecule has 20 heavy (non-hydrogen) atoms. The van der Waals surface area contributed by atoms with Gasteiger partial charge in [0.25, 0.3) is 0 Å². The summed E-state index contributed by atoms with van der Waals surface area (Å²) in [6.45, 7) is 5.10. The minimum Gasteiger partial charge on any atom is -0.462 e. The molecule has 5 heteroatoms. The highest BCUT2D eigenvalue weighted by Gasteiger charge is 2.28. The van der Waals surface area contributed by atoms with Crippen LogP contribution in [0.1, 0.15) is 41.7 Å². The highest BCUT2D eigenvalue weighted by atomic mass is 16.5. The summed E-state index contributed by atoms with van der Waals surface area (Å²) in [6, 6.07) is 3.83. The van der Waals surface area contributed by atoms with Gasteiger partial charge < -0.3 is 14.4 Å². The fourth-order valence-electron chi connectivity index (χ4n) is 2.45. The Bertz CT molecular complexity index is 494. The van der Waals surface area contributed by atoms with Crippen molar-refractivity contribution in [3.8, 4) is 0 Å². The number of carbonyl (C=O) groups excluding carboxylic acids is 1. The van der Waals surface area contributed by atoms with Crippen molar-refractivity contribution in [1.82, 2.24) is 4.98 Å². The molecule has 0 amide bonds. The molecule has 2 fully saturated rings. The molecular formula is C15H20N2O3. The standard InChI is InChI=1S/C15H20N2O3/c1-2-20-15(18)12-5-6-13(11-3-4-11)16-14(12)17-7-9-19-10-8-17/h5-6,11H,2-4,7-10H2,1H3. The van der Waals surface area contributed by atoms with Crippen LogP contribution in [0.25, 0.3) is 0 Å². The number of rotatable bonds is 4. The summed E-state index contributed by atoms with van der Waals surface area (Å²) >= 11 is 0. The average Bonchev–Trinajstić information content (AvgIpc) is 3.32. The summed E-state index contributed by atoms with van der Waals surface area (Å²) < 4.78 is 10.5. The minimum absolute atomic E-state index is 0.288. The molecule has 0 radical (unpaired) electrons. The topological polar surface area (TPSA) is 51.7 Å². The van der Waals surface area contributed by atoms with E-state index in [0.717, 1.165) is 24.6 Å². The Morgan fingerprint density at radius 2 is 2.15 bits per heavy atom. The molecule has 108 valence electrons. The smallest absolute Gasteiger partial charge is 0.341 e. The molecular weight excluding hydrogens is 256 g/mol. The summed E-state index contributed by atoms with van der Waals surface area (Å²) in [4.78, 5) is 18.9. The fourth-order valence-corrected chi connectivity index (χ4v) is 2.45. The van der Waals surface area contributed by atoms with Crippen LogP contribution in [0.15, 0.2) is 12.1 Å². The second kappa shape index (κ2) is 5.79. The number of carbonyl (C=O) groups is 1. The van der Waals surface area contributed by atoms with Gasteiger partial charge in [-0.3, -0.25) is 0 Å². The third kappa shape index (κ3) is 2.77. The molecule has 0 bridgehead atoms. The third-order valence-corrected chi connectivity index (χ3v) is 3.70. The molecule has 1 aromatic heterocycles. The highest BCUT2D eigenvalue weighted by molar-refractivity contribution is 5.95. The lowest BCUT2D eigenvalue weighted by Crippen LogP contribution is -2.38. The quantitative estimate of drug-likeness (QED) is 0.787. The van der Waals surface area contributed by atoms with Crippen LogP contribution < -0.4 is 4.90 Å². The Balaban J connectivity index is 1.92. The first-order valence-corrected chi connectivity index (χ1v) is 7.30. The first-order valence-electron chi connectivity index (χ1n) is 7.30. The molecule has 2 aliphatic rings. The van der Waals surface area contributed by atoms with Crippen molar-refractivity contribution in [1.29, 1.82) is 0 Å². The zero-order valence-corrected chi connectivity index (χ0v) is 11.8. The van der Waals surface area contributed by atoms with Gasteiger partial charge in [0.2, 0.25) is 0 Å². The van der Waals surface area contributed by atoms with Gasteiger partial charge in [0.1, 0.15) is 11.4 Å². The Hall–Kier alpha value is -1.62. The third-order valence-electron chi connectivity index (χ3n) is 3.70. The zero-order chi connectivity index (χ0) is 13.9. The van der Waals surface area contributed by atoms with Crippen molar-refractivity contribution >= 4 is 11.8 Å². The van der Waals surface area contributed by atoms with Crippen LogP contribution in [-0.4, -0.2) is 43.9 Å². The number of hydrogen-bond donors (Lipinski definition) is 0. The normalized spacial score (nSPS) is 18.9. The van der Waals surface area contributed by atoms with Gasteiger partial charge in [0, 0.05) is 24.7 Å². The van der Waals surface area contributed by atoms with E-state index in [4.69, 9.17) is 14.5 Å². The molecule has 2 heterocycles. The van der Waals surface area contributed by atoms with Crippen LogP contribution in [0.4, 0.5) is 5.82 Å². The van der Waals surface area contributed by atoms with E-state index in [9.17, 15) is 4.79 Å². The lowest BCUT2D eigenvalue weighted by molar-refractivity contribution is 0.0525. The molecule has 1 aliphatic carbocycles. The van der Waals surface area contributed by atoms with Crippen molar-refractivity contribution in [2.75, 3.05) is 37.8 Å². The van der Waals surface area contributed by atoms with Crippen molar-refractivity contribution < 1.29 is 14.3 Å². The maximum Gasteiger partial charge on any atom is 0.341 e. The van der Waals surface area contributed by atoms with Crippen molar-refractivity contribution in [2.24, 2.45) is 0 Å². The SMILES string of the molecule is CCOC(=O)c1ccc(C2CC2)nc1N1CCOCC1. The molecule has 0 atom stereocenters. The predicted molar refractivity (Wildman–Crippen MR) is 75.2 cm³/mol. The molecule has 0 N–H and O–H groups in total. The lowest BCUT2D eigenvalue weighted by Gasteiger charge is -2.29. The predicted octanol–water partition coefficient (Wildman–Crippen LogP) is 1.97. The Labute approximate surface area is 118 Å². The molecule has 0 aromatic carbocycles. The van der Waals surface area contributed by atoms with Crippen LogP contribution >= 0.6 is 0 Å². The van der Waals surface area contributed by atoms with E-state index in [-0.39, 0.29) is 5.97 Å². The van der Waals surface area contributed by atoms with E-state index >= 15 is 0 Å². The fraction of sp³-hybridized carbons (Fsp3) is 0.600. The number of morpholine rings is 1. The maximum absolute atomic E-state index is 12.1. The van der Waals surface area contributed by atoms with E-state index in [0.29, 0.717) is 31.3 Å². The van der Waals surface area contributed by atoms with Gasteiger partial charge in [-0.25, -0.2) is 9.78 Å². The molecule has 3 rings (SSSR count). The monoisotopic (exact) mass is 276 g/mol. The first kappa shape index (κ1) is 13.4. The minimum atomic E-state index is -0.288. The van der Waals surface area contributed by atoms with Crippen LogP contribution in [0.2, 0.25) is 0 Å². The van der Waals surface area contributed by atoms with Crippen LogP contribution in [-0.2, 0) is 9.47 Å². The lowest BCUT2D eigenvalue weighted by atomic mass is 10.1. The number of pyridine rings is 1. The largest absolute Gasteiger partial charge is 0.462 e.